The molecule has 0 spiro atoms. The molecule has 0 unspecified atom stereocenters. The Kier molecular flexibility index (Phi) is 2.35. The second-order valence-electron chi connectivity index (χ2n) is 3.44. The van der Waals surface area contributed by atoms with Gasteiger partial charge in [-0.15, -0.1) is 0 Å². The first-order valence-electron chi connectivity index (χ1n) is 4.78. The maximum atomic E-state index is 5.88. The molecule has 14 heavy (non-hydrogen) atoms. The predicted molar refractivity (Wildman–Crippen MR) is 57.9 cm³/mol. The minimum Gasteiger partial charge on any atom is -0.395 e. The molecule has 2 rings (SSSR count). The summed E-state index contributed by atoms with van der Waals surface area (Å²) < 4.78 is 0. The van der Waals surface area contributed by atoms with Crippen LogP contribution in [0.25, 0.3) is 0 Å². The monoisotopic (exact) mass is 190 g/mol. The number of hydrogen-bond donors (Lipinski definition) is 2. The lowest BCUT2D eigenvalue weighted by Gasteiger charge is -2.05. The van der Waals surface area contributed by atoms with E-state index >= 15 is 0 Å². The molecule has 74 valence electrons. The summed E-state index contributed by atoms with van der Waals surface area (Å²) in [7, 11) is 1.84. The average Bonchev–Trinajstić information content (AvgIpc) is 3.00. The molecule has 1 aliphatic rings. The first kappa shape index (κ1) is 8.99. The van der Waals surface area contributed by atoms with Crippen molar-refractivity contribution < 1.29 is 0 Å². The van der Waals surface area contributed by atoms with Gasteiger partial charge in [0.2, 0.25) is 0 Å². The number of azo groups is 1. The van der Waals surface area contributed by atoms with Crippen LogP contribution in [0.3, 0.4) is 0 Å². The van der Waals surface area contributed by atoms with Gasteiger partial charge < -0.3 is 11.1 Å². The Morgan fingerprint density at radius 3 is 2.86 bits per heavy atom. The van der Waals surface area contributed by atoms with Crippen molar-refractivity contribution in [3.63, 3.8) is 0 Å². The summed E-state index contributed by atoms with van der Waals surface area (Å²) in [5.74, 6) is 0. The number of benzene rings is 1. The van der Waals surface area contributed by atoms with Gasteiger partial charge in [0.05, 0.1) is 17.4 Å². The fraction of sp³-hybridized carbons (Fsp3) is 0.400. The minimum absolute atomic E-state index is 0.438. The van der Waals surface area contributed by atoms with E-state index in [1.807, 2.05) is 25.2 Å². The van der Waals surface area contributed by atoms with Crippen LogP contribution < -0.4 is 11.1 Å². The topological polar surface area (TPSA) is 62.8 Å². The van der Waals surface area contributed by atoms with Gasteiger partial charge in [0, 0.05) is 7.05 Å². The van der Waals surface area contributed by atoms with Crippen molar-refractivity contribution in [2.45, 2.75) is 18.9 Å². The van der Waals surface area contributed by atoms with Crippen LogP contribution in [0.4, 0.5) is 17.1 Å². The van der Waals surface area contributed by atoms with E-state index in [2.05, 4.69) is 15.5 Å². The van der Waals surface area contributed by atoms with E-state index in [1.165, 1.54) is 0 Å². The lowest BCUT2D eigenvalue weighted by Crippen LogP contribution is -1.95. The Balaban J connectivity index is 2.23. The Bertz CT molecular complexity index is 355. The SMILES string of the molecule is CNc1cccc(N=NC2CC2)c1N. The van der Waals surface area contributed by atoms with Gasteiger partial charge >= 0.3 is 0 Å². The third-order valence-corrected chi connectivity index (χ3v) is 2.23. The van der Waals surface area contributed by atoms with Crippen molar-refractivity contribution in [2.24, 2.45) is 10.2 Å². The summed E-state index contributed by atoms with van der Waals surface area (Å²) in [6, 6.07) is 6.16. The van der Waals surface area contributed by atoms with Crippen molar-refractivity contribution in [3.8, 4) is 0 Å². The Labute approximate surface area is 83.2 Å². The normalized spacial score (nSPS) is 16.1. The molecule has 0 bridgehead atoms. The van der Waals surface area contributed by atoms with Crippen LogP contribution in [0.15, 0.2) is 28.4 Å². The lowest BCUT2D eigenvalue weighted by molar-refractivity contribution is 0.955. The Morgan fingerprint density at radius 2 is 2.21 bits per heavy atom. The van der Waals surface area contributed by atoms with Crippen molar-refractivity contribution in [1.29, 1.82) is 0 Å². The molecule has 4 nitrogen and oxygen atoms in total. The van der Waals surface area contributed by atoms with Gasteiger partial charge in [-0.05, 0) is 25.0 Å². The maximum Gasteiger partial charge on any atom is 0.110 e. The van der Waals surface area contributed by atoms with Gasteiger partial charge in [-0.2, -0.15) is 10.2 Å². The Hall–Kier alpha value is -1.58. The number of nitrogen functional groups attached to an aromatic ring is 1. The van der Waals surface area contributed by atoms with Crippen LogP contribution in [-0.4, -0.2) is 13.1 Å². The molecule has 0 atom stereocenters. The first-order valence-corrected chi connectivity index (χ1v) is 4.78. The highest BCUT2D eigenvalue weighted by molar-refractivity contribution is 5.77. The zero-order valence-corrected chi connectivity index (χ0v) is 8.20. The zero-order chi connectivity index (χ0) is 9.97. The Morgan fingerprint density at radius 1 is 1.43 bits per heavy atom. The summed E-state index contributed by atoms with van der Waals surface area (Å²) in [5.41, 5.74) is 8.20. The minimum atomic E-state index is 0.438. The maximum absolute atomic E-state index is 5.88. The standard InChI is InChI=1S/C10H14N4/c1-12-8-3-2-4-9(10(8)11)14-13-7-5-6-7/h2-4,7,12H,5-6,11H2,1H3. The largest absolute Gasteiger partial charge is 0.395 e. The van der Waals surface area contributed by atoms with Gasteiger partial charge in [0.1, 0.15) is 5.69 Å². The van der Waals surface area contributed by atoms with E-state index in [-0.39, 0.29) is 0 Å². The zero-order valence-electron chi connectivity index (χ0n) is 8.20. The van der Waals surface area contributed by atoms with Crippen molar-refractivity contribution in [2.75, 3.05) is 18.1 Å². The van der Waals surface area contributed by atoms with E-state index in [0.717, 1.165) is 24.2 Å². The highest BCUT2D eigenvalue weighted by atomic mass is 15.1. The third kappa shape index (κ3) is 1.84. The molecule has 0 amide bonds. The lowest BCUT2D eigenvalue weighted by atomic mass is 10.2. The van der Waals surface area contributed by atoms with Gasteiger partial charge in [0.15, 0.2) is 0 Å². The summed E-state index contributed by atoms with van der Waals surface area (Å²) in [6.45, 7) is 0. The average molecular weight is 190 g/mol. The molecule has 3 N–H and O–H groups in total. The number of hydrogen-bond acceptors (Lipinski definition) is 4. The van der Waals surface area contributed by atoms with Crippen molar-refractivity contribution in [1.82, 2.24) is 0 Å². The molecule has 1 saturated carbocycles. The third-order valence-electron chi connectivity index (χ3n) is 2.23. The van der Waals surface area contributed by atoms with E-state index in [0.29, 0.717) is 11.7 Å². The van der Waals surface area contributed by atoms with Gasteiger partial charge in [-0.3, -0.25) is 0 Å². The van der Waals surface area contributed by atoms with Crippen molar-refractivity contribution in [3.05, 3.63) is 18.2 Å². The van der Waals surface area contributed by atoms with Crippen LogP contribution in [0.5, 0.6) is 0 Å². The molecule has 0 aliphatic heterocycles. The highest BCUT2D eigenvalue weighted by Crippen LogP contribution is 2.31. The van der Waals surface area contributed by atoms with Crippen LogP contribution in [-0.2, 0) is 0 Å². The molecule has 0 heterocycles. The van der Waals surface area contributed by atoms with Crippen LogP contribution in [0.2, 0.25) is 0 Å². The fourth-order valence-corrected chi connectivity index (χ4v) is 1.19. The number of rotatable bonds is 3. The molecule has 4 heteroatoms. The van der Waals surface area contributed by atoms with E-state index in [4.69, 9.17) is 5.73 Å². The molecule has 0 saturated heterocycles. The van der Waals surface area contributed by atoms with Crippen LogP contribution in [0.1, 0.15) is 12.8 Å². The van der Waals surface area contributed by atoms with E-state index in [1.54, 1.807) is 0 Å². The number of para-hydroxylation sites is 1. The van der Waals surface area contributed by atoms with Gasteiger partial charge in [-0.1, -0.05) is 6.07 Å². The fourth-order valence-electron chi connectivity index (χ4n) is 1.19. The molecule has 1 aromatic carbocycles. The molecular weight excluding hydrogens is 176 g/mol. The van der Waals surface area contributed by atoms with Crippen LogP contribution in [0, 0.1) is 0 Å². The number of anilines is 2. The predicted octanol–water partition coefficient (Wildman–Crippen LogP) is 2.56. The second kappa shape index (κ2) is 3.65. The van der Waals surface area contributed by atoms with Gasteiger partial charge in [0.25, 0.3) is 0 Å². The second-order valence-corrected chi connectivity index (χ2v) is 3.44. The molecule has 0 aromatic heterocycles. The molecule has 1 fully saturated rings. The highest BCUT2D eigenvalue weighted by Gasteiger charge is 2.20. The van der Waals surface area contributed by atoms with E-state index < -0.39 is 0 Å². The van der Waals surface area contributed by atoms with Crippen LogP contribution >= 0.6 is 0 Å². The smallest absolute Gasteiger partial charge is 0.110 e. The van der Waals surface area contributed by atoms with E-state index in [9.17, 15) is 0 Å². The molecule has 0 radical (unpaired) electrons. The summed E-state index contributed by atoms with van der Waals surface area (Å²) in [5, 5.41) is 11.3. The quantitative estimate of drug-likeness (QED) is 0.568. The summed E-state index contributed by atoms with van der Waals surface area (Å²) in [4.78, 5) is 0. The van der Waals surface area contributed by atoms with Crippen molar-refractivity contribution >= 4 is 17.1 Å². The summed E-state index contributed by atoms with van der Waals surface area (Å²) in [6.07, 6.45) is 2.32. The van der Waals surface area contributed by atoms with Gasteiger partial charge in [-0.25, -0.2) is 0 Å². The molecular formula is C10H14N4. The summed E-state index contributed by atoms with van der Waals surface area (Å²) >= 11 is 0. The first-order chi connectivity index (χ1) is 6.81. The number of nitrogens with zero attached hydrogens (tertiary/aromatic N) is 2. The number of nitrogens with one attached hydrogen (secondary N) is 1. The molecule has 1 aliphatic carbocycles. The number of nitrogens with two attached hydrogens (primary N) is 1. The molecule has 1 aromatic rings.